The van der Waals surface area contributed by atoms with E-state index in [0.717, 1.165) is 6.42 Å². The van der Waals surface area contributed by atoms with Gasteiger partial charge in [0.1, 0.15) is 6.04 Å². The van der Waals surface area contributed by atoms with E-state index >= 15 is 0 Å². The highest BCUT2D eigenvalue weighted by molar-refractivity contribution is 5.87. The Morgan fingerprint density at radius 2 is 1.88 bits per heavy atom. The van der Waals surface area contributed by atoms with E-state index in [0.29, 0.717) is 6.42 Å². The van der Waals surface area contributed by atoms with Crippen LogP contribution in [0, 0.1) is 5.41 Å². The van der Waals surface area contributed by atoms with E-state index in [2.05, 4.69) is 5.32 Å². The van der Waals surface area contributed by atoms with Crippen LogP contribution in [0.5, 0.6) is 0 Å². The van der Waals surface area contributed by atoms with E-state index < -0.39 is 29.4 Å². The van der Waals surface area contributed by atoms with Gasteiger partial charge in [0.05, 0.1) is 6.04 Å². The largest absolute Gasteiger partial charge is 0.480 e. The minimum absolute atomic E-state index is 0.399. The highest BCUT2D eigenvalue weighted by Crippen LogP contribution is 2.19. The molecule has 1 amide bonds. The van der Waals surface area contributed by atoms with Crippen molar-refractivity contribution in [3.05, 3.63) is 0 Å². The third-order valence-corrected chi connectivity index (χ3v) is 2.34. The van der Waals surface area contributed by atoms with Crippen molar-refractivity contribution in [1.29, 1.82) is 0 Å². The topological polar surface area (TPSA) is 92.4 Å². The van der Waals surface area contributed by atoms with E-state index in [-0.39, 0.29) is 0 Å². The molecule has 0 aliphatic carbocycles. The van der Waals surface area contributed by atoms with Crippen LogP contribution in [0.25, 0.3) is 0 Å². The van der Waals surface area contributed by atoms with E-state index in [4.69, 9.17) is 10.8 Å². The van der Waals surface area contributed by atoms with Crippen LogP contribution in [0.2, 0.25) is 0 Å². The molecule has 0 aromatic carbocycles. The predicted octanol–water partition coefficient (Wildman–Crippen LogP) is 0.729. The Kier molecular flexibility index (Phi) is 5.44. The van der Waals surface area contributed by atoms with Gasteiger partial charge in [-0.05, 0) is 11.8 Å². The normalized spacial score (nSPS) is 15.3. The van der Waals surface area contributed by atoms with Crippen LogP contribution in [0.4, 0.5) is 0 Å². The second-order valence-corrected chi connectivity index (χ2v) is 5.04. The lowest BCUT2D eigenvalue weighted by Crippen LogP contribution is -2.53. The first-order chi connectivity index (χ1) is 7.20. The maximum absolute atomic E-state index is 11.6. The number of nitrogens with two attached hydrogens (primary N) is 1. The van der Waals surface area contributed by atoms with Gasteiger partial charge in [0.2, 0.25) is 5.91 Å². The van der Waals surface area contributed by atoms with Gasteiger partial charge >= 0.3 is 5.97 Å². The molecule has 5 heteroatoms. The second-order valence-electron chi connectivity index (χ2n) is 5.04. The highest BCUT2D eigenvalue weighted by atomic mass is 16.4. The van der Waals surface area contributed by atoms with Crippen LogP contribution in [0.3, 0.4) is 0 Å². The second kappa shape index (κ2) is 5.84. The first-order valence-electron chi connectivity index (χ1n) is 5.49. The summed E-state index contributed by atoms with van der Waals surface area (Å²) in [5.74, 6) is -1.44. The molecule has 0 radical (unpaired) electrons. The maximum Gasteiger partial charge on any atom is 0.326 e. The lowest BCUT2D eigenvalue weighted by atomic mass is 9.86. The summed E-state index contributed by atoms with van der Waals surface area (Å²) in [6.07, 6.45) is 1.35. The minimum Gasteiger partial charge on any atom is -0.480 e. The Labute approximate surface area is 96.4 Å². The van der Waals surface area contributed by atoms with Crippen LogP contribution < -0.4 is 11.1 Å². The lowest BCUT2D eigenvalue weighted by Gasteiger charge is -2.28. The van der Waals surface area contributed by atoms with Gasteiger partial charge in [-0.2, -0.15) is 0 Å². The van der Waals surface area contributed by atoms with Crippen molar-refractivity contribution in [2.75, 3.05) is 0 Å². The van der Waals surface area contributed by atoms with Crippen molar-refractivity contribution in [3.63, 3.8) is 0 Å². The molecule has 0 aromatic rings. The van der Waals surface area contributed by atoms with Gasteiger partial charge < -0.3 is 16.2 Å². The first-order valence-corrected chi connectivity index (χ1v) is 5.49. The van der Waals surface area contributed by atoms with E-state index in [1.807, 2.05) is 6.92 Å². The molecule has 0 bridgehead atoms. The number of carboxylic acids is 1. The van der Waals surface area contributed by atoms with Crippen LogP contribution in [-0.4, -0.2) is 29.1 Å². The zero-order valence-corrected chi connectivity index (χ0v) is 10.4. The molecule has 2 atom stereocenters. The van der Waals surface area contributed by atoms with Gasteiger partial charge in [-0.1, -0.05) is 34.1 Å². The fourth-order valence-corrected chi connectivity index (χ4v) is 1.34. The molecule has 0 saturated carbocycles. The first kappa shape index (κ1) is 14.9. The number of carboxylic acid groups (broad SMARTS) is 1. The van der Waals surface area contributed by atoms with Crippen molar-refractivity contribution >= 4 is 11.9 Å². The monoisotopic (exact) mass is 230 g/mol. The maximum atomic E-state index is 11.6. The van der Waals surface area contributed by atoms with Crippen molar-refractivity contribution in [1.82, 2.24) is 5.32 Å². The van der Waals surface area contributed by atoms with Gasteiger partial charge in [0.25, 0.3) is 0 Å². The molecule has 0 unspecified atom stereocenters. The molecular weight excluding hydrogens is 208 g/mol. The summed E-state index contributed by atoms with van der Waals surface area (Å²) >= 11 is 0. The van der Waals surface area contributed by atoms with Gasteiger partial charge in [-0.3, -0.25) is 4.79 Å². The average Bonchev–Trinajstić information content (AvgIpc) is 2.11. The van der Waals surface area contributed by atoms with E-state index in [1.165, 1.54) is 0 Å². The zero-order chi connectivity index (χ0) is 12.9. The molecule has 5 nitrogen and oxygen atoms in total. The summed E-state index contributed by atoms with van der Waals surface area (Å²) < 4.78 is 0. The number of carbonyl (C=O) groups is 2. The summed E-state index contributed by atoms with van der Waals surface area (Å²) in [5.41, 5.74) is 5.08. The highest BCUT2D eigenvalue weighted by Gasteiger charge is 2.33. The molecule has 0 saturated heterocycles. The molecule has 0 aliphatic heterocycles. The Bertz CT molecular complexity index is 258. The minimum atomic E-state index is -1.04. The number of carbonyl (C=O) groups excluding carboxylic acids is 1. The van der Waals surface area contributed by atoms with Crippen LogP contribution in [0.15, 0.2) is 0 Å². The van der Waals surface area contributed by atoms with Gasteiger partial charge in [0.15, 0.2) is 0 Å². The number of hydrogen-bond acceptors (Lipinski definition) is 3. The predicted molar refractivity (Wildman–Crippen MR) is 61.9 cm³/mol. The molecule has 0 aliphatic rings. The Balaban J connectivity index is 4.54. The third kappa shape index (κ3) is 4.61. The van der Waals surface area contributed by atoms with Crippen LogP contribution in [-0.2, 0) is 9.59 Å². The van der Waals surface area contributed by atoms with Gasteiger partial charge in [-0.15, -0.1) is 0 Å². The average molecular weight is 230 g/mol. The summed E-state index contributed by atoms with van der Waals surface area (Å²) in [4.78, 5) is 22.6. The number of rotatable bonds is 5. The standard InChI is InChI=1S/C11H22N2O3/c1-5-6-7(12)9(14)13-8(10(15)16)11(2,3)4/h7-8H,5-6,12H2,1-4H3,(H,13,14)(H,15,16)/t7-,8-/m1/s1. The molecule has 0 rings (SSSR count). The van der Waals surface area contributed by atoms with E-state index in [1.54, 1.807) is 20.8 Å². The number of nitrogens with one attached hydrogen (secondary N) is 1. The summed E-state index contributed by atoms with van der Waals surface area (Å²) in [5, 5.41) is 11.5. The van der Waals surface area contributed by atoms with Gasteiger partial charge in [-0.25, -0.2) is 4.79 Å². The van der Waals surface area contributed by atoms with E-state index in [9.17, 15) is 9.59 Å². The molecule has 0 aromatic heterocycles. The third-order valence-electron chi connectivity index (χ3n) is 2.34. The molecule has 0 heterocycles. The molecule has 0 spiro atoms. The zero-order valence-electron chi connectivity index (χ0n) is 10.4. The molecule has 4 N–H and O–H groups in total. The summed E-state index contributed by atoms with van der Waals surface area (Å²) in [6, 6.07) is -1.54. The quantitative estimate of drug-likeness (QED) is 0.649. The fraction of sp³-hybridized carbons (Fsp3) is 0.818. The summed E-state index contributed by atoms with van der Waals surface area (Å²) in [7, 11) is 0. The van der Waals surface area contributed by atoms with Crippen molar-refractivity contribution in [2.24, 2.45) is 11.1 Å². The van der Waals surface area contributed by atoms with Crippen molar-refractivity contribution in [3.8, 4) is 0 Å². The molecular formula is C11H22N2O3. The molecule has 16 heavy (non-hydrogen) atoms. The summed E-state index contributed by atoms with van der Waals surface area (Å²) in [6.45, 7) is 7.21. The Morgan fingerprint density at radius 1 is 1.38 bits per heavy atom. The van der Waals surface area contributed by atoms with Crippen molar-refractivity contribution < 1.29 is 14.7 Å². The number of aliphatic carboxylic acids is 1. The van der Waals surface area contributed by atoms with Crippen molar-refractivity contribution in [2.45, 2.75) is 52.6 Å². The molecule has 94 valence electrons. The lowest BCUT2D eigenvalue weighted by molar-refractivity contribution is -0.145. The Hall–Kier alpha value is -1.10. The smallest absolute Gasteiger partial charge is 0.326 e. The SMILES string of the molecule is CCC[C@@H](N)C(=O)N[C@H](C(=O)O)C(C)(C)C. The van der Waals surface area contributed by atoms with Crippen LogP contribution >= 0.6 is 0 Å². The number of amides is 1. The number of hydrogen-bond donors (Lipinski definition) is 3. The fourth-order valence-electron chi connectivity index (χ4n) is 1.34. The Morgan fingerprint density at radius 3 is 2.19 bits per heavy atom. The van der Waals surface area contributed by atoms with Gasteiger partial charge in [0, 0.05) is 0 Å². The molecule has 0 fully saturated rings. The van der Waals surface area contributed by atoms with Crippen LogP contribution in [0.1, 0.15) is 40.5 Å².